The molecule has 1 aromatic carbocycles. The topological polar surface area (TPSA) is 87.7 Å². The van der Waals surface area contributed by atoms with E-state index < -0.39 is 10.0 Å². The smallest absolute Gasteiger partial charge is 0.251 e. The van der Waals surface area contributed by atoms with Crippen LogP contribution in [0.4, 0.5) is 0 Å². The van der Waals surface area contributed by atoms with Crippen molar-refractivity contribution in [2.24, 2.45) is 0 Å². The molecule has 1 heterocycles. The van der Waals surface area contributed by atoms with Crippen LogP contribution in [0, 0.1) is 0 Å². The number of rotatable bonds is 10. The molecule has 7 nitrogen and oxygen atoms in total. The van der Waals surface area contributed by atoms with Gasteiger partial charge in [0.25, 0.3) is 5.91 Å². The van der Waals surface area contributed by atoms with E-state index in [9.17, 15) is 13.2 Å². The Morgan fingerprint density at radius 2 is 1.96 bits per heavy atom. The van der Waals surface area contributed by atoms with E-state index in [0.29, 0.717) is 30.8 Å². The average Bonchev–Trinajstić information content (AvgIpc) is 3.16. The van der Waals surface area contributed by atoms with Gasteiger partial charge in [0.15, 0.2) is 0 Å². The quantitative estimate of drug-likeness (QED) is 0.615. The number of nitrogens with one attached hydrogen (secondary N) is 2. The highest BCUT2D eigenvalue weighted by atomic mass is 32.2. The van der Waals surface area contributed by atoms with Crippen molar-refractivity contribution in [3.63, 3.8) is 0 Å². The van der Waals surface area contributed by atoms with Gasteiger partial charge >= 0.3 is 0 Å². The molecule has 1 aromatic rings. The number of ether oxygens (including phenoxy) is 1. The molecular formula is C20H33N3O4S. The summed E-state index contributed by atoms with van der Waals surface area (Å²) in [6, 6.07) is 6.89. The Bertz CT molecular complexity index is 736. The Balaban J connectivity index is 1.94. The Morgan fingerprint density at radius 3 is 2.57 bits per heavy atom. The molecule has 2 N–H and O–H groups in total. The molecule has 1 fully saturated rings. The summed E-state index contributed by atoms with van der Waals surface area (Å²) in [4.78, 5) is 14.8. The highest BCUT2D eigenvalue weighted by Gasteiger charge is 2.21. The van der Waals surface area contributed by atoms with Gasteiger partial charge in [-0.2, -0.15) is 0 Å². The van der Waals surface area contributed by atoms with E-state index in [1.807, 2.05) is 0 Å². The third kappa shape index (κ3) is 6.55. The van der Waals surface area contributed by atoms with Crippen LogP contribution in [0.25, 0.3) is 0 Å². The summed E-state index contributed by atoms with van der Waals surface area (Å²) < 4.78 is 33.0. The number of nitrogens with zero attached hydrogens (tertiary/aromatic N) is 1. The van der Waals surface area contributed by atoms with Crippen LogP contribution in [-0.4, -0.2) is 63.7 Å². The molecule has 0 aliphatic carbocycles. The molecule has 0 spiro atoms. The Hall–Kier alpha value is -1.48. The van der Waals surface area contributed by atoms with Gasteiger partial charge in [-0.3, -0.25) is 9.69 Å². The van der Waals surface area contributed by atoms with Crippen LogP contribution in [0.15, 0.2) is 29.2 Å². The zero-order valence-electron chi connectivity index (χ0n) is 17.3. The first-order valence-electron chi connectivity index (χ1n) is 9.96. The molecule has 1 aliphatic heterocycles. The van der Waals surface area contributed by atoms with Crippen LogP contribution >= 0.6 is 0 Å². The first kappa shape index (κ1) is 22.8. The summed E-state index contributed by atoms with van der Waals surface area (Å²) in [5.74, 6) is -0.274. The van der Waals surface area contributed by atoms with Crippen LogP contribution < -0.4 is 10.0 Å². The predicted molar refractivity (Wildman–Crippen MR) is 110 cm³/mol. The molecule has 1 amide bonds. The summed E-state index contributed by atoms with van der Waals surface area (Å²) in [5, 5.41) is 2.88. The molecule has 0 bridgehead atoms. The van der Waals surface area contributed by atoms with E-state index >= 15 is 0 Å². The molecule has 8 heteroatoms. The van der Waals surface area contributed by atoms with Crippen molar-refractivity contribution < 1.29 is 17.9 Å². The van der Waals surface area contributed by atoms with Gasteiger partial charge in [0, 0.05) is 43.9 Å². The van der Waals surface area contributed by atoms with Gasteiger partial charge < -0.3 is 10.1 Å². The monoisotopic (exact) mass is 411 g/mol. The van der Waals surface area contributed by atoms with E-state index in [2.05, 4.69) is 42.6 Å². The molecule has 0 saturated carbocycles. The number of sulfonamides is 1. The molecular weight excluding hydrogens is 378 g/mol. The van der Waals surface area contributed by atoms with Gasteiger partial charge in [-0.05, 0) is 58.7 Å². The Morgan fingerprint density at radius 1 is 1.25 bits per heavy atom. The SMILES string of the molecule is CC(C)N(CCNC(=O)c1cccc(S(=O)(=O)NC[C@H]2CCCO2)c1)C(C)C. The van der Waals surface area contributed by atoms with Crippen molar-refractivity contribution in [3.05, 3.63) is 29.8 Å². The van der Waals surface area contributed by atoms with E-state index in [1.54, 1.807) is 12.1 Å². The van der Waals surface area contributed by atoms with E-state index in [4.69, 9.17) is 4.74 Å². The van der Waals surface area contributed by atoms with Crippen molar-refractivity contribution in [3.8, 4) is 0 Å². The molecule has 0 radical (unpaired) electrons. The van der Waals surface area contributed by atoms with Crippen LogP contribution in [0.2, 0.25) is 0 Å². The summed E-state index contributed by atoms with van der Waals surface area (Å²) in [7, 11) is -3.68. The van der Waals surface area contributed by atoms with Crippen molar-refractivity contribution in [2.75, 3.05) is 26.2 Å². The maximum atomic E-state index is 12.5. The molecule has 0 unspecified atom stereocenters. The normalized spacial score (nSPS) is 17.6. The molecule has 1 aliphatic rings. The first-order valence-corrected chi connectivity index (χ1v) is 11.4. The Labute approximate surface area is 168 Å². The minimum absolute atomic E-state index is 0.0777. The lowest BCUT2D eigenvalue weighted by molar-refractivity contribution is 0.0939. The highest BCUT2D eigenvalue weighted by molar-refractivity contribution is 7.89. The molecule has 1 saturated heterocycles. The fraction of sp³-hybridized carbons (Fsp3) is 0.650. The number of carbonyl (C=O) groups is 1. The second-order valence-electron chi connectivity index (χ2n) is 7.70. The van der Waals surface area contributed by atoms with Gasteiger partial charge in [-0.25, -0.2) is 13.1 Å². The largest absolute Gasteiger partial charge is 0.377 e. The maximum Gasteiger partial charge on any atom is 0.251 e. The number of carbonyl (C=O) groups excluding carboxylic acids is 1. The number of amides is 1. The predicted octanol–water partition coefficient (Wildman–Crippen LogP) is 1.99. The van der Waals surface area contributed by atoms with Gasteiger partial charge in [-0.1, -0.05) is 6.07 Å². The molecule has 0 aromatic heterocycles. The van der Waals surface area contributed by atoms with Gasteiger partial charge in [0.1, 0.15) is 0 Å². The van der Waals surface area contributed by atoms with Crippen molar-refractivity contribution in [1.82, 2.24) is 14.9 Å². The fourth-order valence-electron chi connectivity index (χ4n) is 3.41. The summed E-state index contributed by atoms with van der Waals surface area (Å²) in [6.45, 7) is 10.7. The van der Waals surface area contributed by atoms with Crippen LogP contribution in [0.3, 0.4) is 0 Å². The van der Waals surface area contributed by atoms with Gasteiger partial charge in [-0.15, -0.1) is 0 Å². The lowest BCUT2D eigenvalue weighted by Crippen LogP contribution is -2.42. The van der Waals surface area contributed by atoms with Crippen molar-refractivity contribution in [2.45, 2.75) is 63.6 Å². The minimum Gasteiger partial charge on any atom is -0.377 e. The third-order valence-electron chi connectivity index (χ3n) is 4.91. The number of benzene rings is 1. The molecule has 1 atom stereocenters. The van der Waals surface area contributed by atoms with Crippen LogP contribution in [0.1, 0.15) is 50.9 Å². The van der Waals surface area contributed by atoms with Crippen LogP contribution in [0.5, 0.6) is 0 Å². The second kappa shape index (κ2) is 10.3. The zero-order valence-corrected chi connectivity index (χ0v) is 18.1. The summed E-state index contributed by atoms with van der Waals surface area (Å²) in [5.41, 5.74) is 0.334. The lowest BCUT2D eigenvalue weighted by atomic mass is 10.2. The number of hydrogen-bond donors (Lipinski definition) is 2. The van der Waals surface area contributed by atoms with Crippen molar-refractivity contribution in [1.29, 1.82) is 0 Å². The fourth-order valence-corrected chi connectivity index (χ4v) is 4.52. The summed E-state index contributed by atoms with van der Waals surface area (Å²) in [6.07, 6.45) is 1.73. The standard InChI is InChI=1S/C20H33N3O4S/c1-15(2)23(16(3)4)11-10-21-20(24)17-7-5-9-19(13-17)28(25,26)22-14-18-8-6-12-27-18/h5,7,9,13,15-16,18,22H,6,8,10-12,14H2,1-4H3,(H,21,24)/t18-/m1/s1. The van der Waals surface area contributed by atoms with E-state index in [0.717, 1.165) is 19.4 Å². The Kier molecular flexibility index (Phi) is 8.42. The first-order chi connectivity index (χ1) is 13.2. The van der Waals surface area contributed by atoms with Gasteiger partial charge in [0.05, 0.1) is 11.0 Å². The lowest BCUT2D eigenvalue weighted by Gasteiger charge is -2.30. The minimum atomic E-state index is -3.68. The van der Waals surface area contributed by atoms with Crippen molar-refractivity contribution >= 4 is 15.9 Å². The molecule has 2 rings (SSSR count). The molecule has 28 heavy (non-hydrogen) atoms. The number of hydrogen-bond acceptors (Lipinski definition) is 5. The summed E-state index contributed by atoms with van der Waals surface area (Å²) >= 11 is 0. The average molecular weight is 412 g/mol. The molecule has 158 valence electrons. The zero-order chi connectivity index (χ0) is 20.7. The third-order valence-corrected chi connectivity index (χ3v) is 6.33. The van der Waals surface area contributed by atoms with E-state index in [1.165, 1.54) is 12.1 Å². The van der Waals surface area contributed by atoms with E-state index in [-0.39, 0.29) is 23.5 Å². The maximum absolute atomic E-state index is 12.5. The van der Waals surface area contributed by atoms with Crippen LogP contribution in [-0.2, 0) is 14.8 Å². The highest BCUT2D eigenvalue weighted by Crippen LogP contribution is 2.14. The van der Waals surface area contributed by atoms with Gasteiger partial charge in [0.2, 0.25) is 10.0 Å². The second-order valence-corrected chi connectivity index (χ2v) is 9.46.